The summed E-state index contributed by atoms with van der Waals surface area (Å²) in [5.41, 5.74) is 6.87. The maximum Gasteiger partial charge on any atom is 0.105 e. The Morgan fingerprint density at radius 3 is 2.67 bits per heavy atom. The van der Waals surface area contributed by atoms with Gasteiger partial charge in [-0.1, -0.05) is 0 Å². The molecule has 0 saturated heterocycles. The van der Waals surface area contributed by atoms with Gasteiger partial charge in [0.05, 0.1) is 12.6 Å². The zero-order valence-electron chi connectivity index (χ0n) is 7.76. The van der Waals surface area contributed by atoms with Crippen LogP contribution in [0.2, 0.25) is 0 Å². The summed E-state index contributed by atoms with van der Waals surface area (Å²) in [6, 6.07) is 1.88. The molecule has 0 saturated carbocycles. The van der Waals surface area contributed by atoms with Crippen molar-refractivity contribution in [1.29, 1.82) is 0 Å². The Labute approximate surface area is 72.5 Å². The summed E-state index contributed by atoms with van der Waals surface area (Å²) in [6.45, 7) is 4.35. The minimum atomic E-state index is -0.0764. The number of hydrogen-bond donors (Lipinski definition) is 1. The molecule has 0 fully saturated rings. The molecule has 1 aromatic heterocycles. The van der Waals surface area contributed by atoms with Crippen LogP contribution < -0.4 is 5.73 Å². The summed E-state index contributed by atoms with van der Waals surface area (Å²) in [6.07, 6.45) is 0. The van der Waals surface area contributed by atoms with Crippen LogP contribution in [0.3, 0.4) is 0 Å². The first-order chi connectivity index (χ1) is 5.65. The molecular formula is C9H15NO2. The van der Waals surface area contributed by atoms with E-state index < -0.39 is 0 Å². The van der Waals surface area contributed by atoms with E-state index in [1.807, 2.05) is 19.9 Å². The van der Waals surface area contributed by atoms with Gasteiger partial charge in [-0.2, -0.15) is 0 Å². The van der Waals surface area contributed by atoms with Crippen molar-refractivity contribution in [2.24, 2.45) is 5.73 Å². The number of methoxy groups -OCH3 is 1. The summed E-state index contributed by atoms with van der Waals surface area (Å²) in [4.78, 5) is 0. The molecular weight excluding hydrogens is 154 g/mol. The first-order valence-electron chi connectivity index (χ1n) is 3.96. The third-order valence-electron chi connectivity index (χ3n) is 1.83. The van der Waals surface area contributed by atoms with E-state index in [9.17, 15) is 0 Å². The van der Waals surface area contributed by atoms with Crippen LogP contribution in [0.25, 0.3) is 0 Å². The molecule has 1 aromatic rings. The maximum atomic E-state index is 5.83. The van der Waals surface area contributed by atoms with Crippen LogP contribution in [0.1, 0.15) is 23.1 Å². The van der Waals surface area contributed by atoms with Gasteiger partial charge in [0, 0.05) is 12.7 Å². The van der Waals surface area contributed by atoms with Crippen molar-refractivity contribution in [2.45, 2.75) is 19.9 Å². The lowest BCUT2D eigenvalue weighted by Gasteiger charge is -2.07. The summed E-state index contributed by atoms with van der Waals surface area (Å²) in [7, 11) is 1.64. The van der Waals surface area contributed by atoms with Gasteiger partial charge in [0.1, 0.15) is 11.5 Å². The smallest absolute Gasteiger partial charge is 0.105 e. The zero-order valence-corrected chi connectivity index (χ0v) is 7.76. The Kier molecular flexibility index (Phi) is 2.89. The molecule has 1 atom stereocenters. The molecule has 3 nitrogen and oxygen atoms in total. The molecule has 0 aliphatic carbocycles. The number of nitrogens with two attached hydrogens (primary N) is 1. The second kappa shape index (κ2) is 3.74. The Balaban J connectivity index is 2.79. The van der Waals surface area contributed by atoms with E-state index in [0.29, 0.717) is 6.61 Å². The van der Waals surface area contributed by atoms with E-state index in [1.165, 1.54) is 0 Å². The lowest BCUT2D eigenvalue weighted by molar-refractivity contribution is 0.180. The van der Waals surface area contributed by atoms with Crippen molar-refractivity contribution in [3.63, 3.8) is 0 Å². The van der Waals surface area contributed by atoms with Crippen LogP contribution in [-0.2, 0) is 4.74 Å². The van der Waals surface area contributed by atoms with Crippen LogP contribution >= 0.6 is 0 Å². The average Bonchev–Trinajstić information content (AvgIpc) is 2.30. The van der Waals surface area contributed by atoms with E-state index >= 15 is 0 Å². The summed E-state index contributed by atoms with van der Waals surface area (Å²) < 4.78 is 10.3. The van der Waals surface area contributed by atoms with Crippen LogP contribution in [0, 0.1) is 13.8 Å². The largest absolute Gasteiger partial charge is 0.466 e. The van der Waals surface area contributed by atoms with Crippen molar-refractivity contribution in [3.8, 4) is 0 Å². The van der Waals surface area contributed by atoms with Crippen molar-refractivity contribution < 1.29 is 9.15 Å². The van der Waals surface area contributed by atoms with E-state index in [4.69, 9.17) is 14.9 Å². The van der Waals surface area contributed by atoms with Gasteiger partial charge in [0.2, 0.25) is 0 Å². The highest BCUT2D eigenvalue weighted by molar-refractivity contribution is 5.23. The van der Waals surface area contributed by atoms with E-state index in [0.717, 1.165) is 17.1 Å². The molecule has 0 radical (unpaired) electrons. The highest BCUT2D eigenvalue weighted by atomic mass is 16.5. The quantitative estimate of drug-likeness (QED) is 0.746. The van der Waals surface area contributed by atoms with E-state index in [2.05, 4.69) is 0 Å². The van der Waals surface area contributed by atoms with Crippen LogP contribution in [0.4, 0.5) is 0 Å². The van der Waals surface area contributed by atoms with Crippen molar-refractivity contribution in [2.75, 3.05) is 13.7 Å². The molecule has 1 unspecified atom stereocenters. The average molecular weight is 169 g/mol. The first kappa shape index (κ1) is 9.29. The van der Waals surface area contributed by atoms with Gasteiger partial charge >= 0.3 is 0 Å². The highest BCUT2D eigenvalue weighted by Crippen LogP contribution is 2.19. The molecule has 0 aliphatic heterocycles. The fraction of sp³-hybridized carbons (Fsp3) is 0.556. The van der Waals surface area contributed by atoms with Gasteiger partial charge < -0.3 is 14.9 Å². The van der Waals surface area contributed by atoms with Crippen LogP contribution in [0.5, 0.6) is 0 Å². The van der Waals surface area contributed by atoms with Crippen molar-refractivity contribution in [3.05, 3.63) is 23.2 Å². The normalized spacial score (nSPS) is 13.3. The third-order valence-corrected chi connectivity index (χ3v) is 1.83. The fourth-order valence-corrected chi connectivity index (χ4v) is 1.29. The van der Waals surface area contributed by atoms with Gasteiger partial charge in [-0.05, 0) is 19.9 Å². The Morgan fingerprint density at radius 1 is 1.58 bits per heavy atom. The van der Waals surface area contributed by atoms with Gasteiger partial charge in [-0.25, -0.2) is 0 Å². The number of aryl methyl sites for hydroxylation is 2. The van der Waals surface area contributed by atoms with Gasteiger partial charge in [-0.15, -0.1) is 0 Å². The van der Waals surface area contributed by atoms with Crippen LogP contribution in [0.15, 0.2) is 10.5 Å². The molecule has 68 valence electrons. The SMILES string of the molecule is COCC(N)c1cc(C)oc1C. The second-order valence-electron chi connectivity index (χ2n) is 2.93. The Hall–Kier alpha value is -0.800. The Morgan fingerprint density at radius 2 is 2.25 bits per heavy atom. The molecule has 0 bridgehead atoms. The lowest BCUT2D eigenvalue weighted by Crippen LogP contribution is -2.16. The van der Waals surface area contributed by atoms with Gasteiger partial charge in [0.15, 0.2) is 0 Å². The summed E-state index contributed by atoms with van der Waals surface area (Å²) >= 11 is 0. The monoisotopic (exact) mass is 169 g/mol. The van der Waals surface area contributed by atoms with Crippen LogP contribution in [-0.4, -0.2) is 13.7 Å². The lowest BCUT2D eigenvalue weighted by atomic mass is 10.1. The van der Waals surface area contributed by atoms with Gasteiger partial charge in [-0.3, -0.25) is 0 Å². The predicted octanol–water partition coefficient (Wildman–Crippen LogP) is 1.54. The highest BCUT2D eigenvalue weighted by Gasteiger charge is 2.12. The minimum Gasteiger partial charge on any atom is -0.466 e. The second-order valence-corrected chi connectivity index (χ2v) is 2.93. The standard InChI is InChI=1S/C9H15NO2/c1-6-4-8(7(2)12-6)9(10)5-11-3/h4,9H,5,10H2,1-3H3. The topological polar surface area (TPSA) is 48.4 Å². The number of hydrogen-bond acceptors (Lipinski definition) is 3. The van der Waals surface area contributed by atoms with Gasteiger partial charge in [0.25, 0.3) is 0 Å². The van der Waals surface area contributed by atoms with Crippen molar-refractivity contribution >= 4 is 0 Å². The molecule has 2 N–H and O–H groups in total. The summed E-state index contributed by atoms with van der Waals surface area (Å²) in [5.74, 6) is 1.78. The van der Waals surface area contributed by atoms with Crippen molar-refractivity contribution in [1.82, 2.24) is 0 Å². The molecule has 0 spiro atoms. The van der Waals surface area contributed by atoms with E-state index in [1.54, 1.807) is 7.11 Å². The zero-order chi connectivity index (χ0) is 9.14. The molecule has 1 heterocycles. The molecule has 0 amide bonds. The first-order valence-corrected chi connectivity index (χ1v) is 3.96. The molecule has 0 aliphatic rings. The number of furan rings is 1. The fourth-order valence-electron chi connectivity index (χ4n) is 1.29. The third kappa shape index (κ3) is 1.87. The molecule has 1 rings (SSSR count). The maximum absolute atomic E-state index is 5.83. The summed E-state index contributed by atoms with van der Waals surface area (Å²) in [5, 5.41) is 0. The Bertz CT molecular complexity index is 255. The molecule has 0 aromatic carbocycles. The minimum absolute atomic E-state index is 0.0764. The molecule has 3 heteroatoms. The molecule has 12 heavy (non-hydrogen) atoms. The number of ether oxygens (including phenoxy) is 1. The van der Waals surface area contributed by atoms with E-state index in [-0.39, 0.29) is 6.04 Å². The number of rotatable bonds is 3. The predicted molar refractivity (Wildman–Crippen MR) is 47.0 cm³/mol.